The number of ether oxygens (including phenoxy) is 1. The Kier molecular flexibility index (Phi) is 6.60. The van der Waals surface area contributed by atoms with Gasteiger partial charge in [-0.25, -0.2) is 17.6 Å². The number of sulfone groups is 1. The minimum absolute atomic E-state index is 0.0669. The van der Waals surface area contributed by atoms with E-state index in [1.165, 1.54) is 38.1 Å². The zero-order valence-corrected chi connectivity index (χ0v) is 20.4. The minimum Gasteiger partial charge on any atom is -0.444 e. The summed E-state index contributed by atoms with van der Waals surface area (Å²) in [6.07, 6.45) is 0.717. The lowest BCUT2D eigenvalue weighted by Gasteiger charge is -2.44. The molecule has 1 heterocycles. The predicted octanol–water partition coefficient (Wildman–Crippen LogP) is 4.88. The van der Waals surface area contributed by atoms with Gasteiger partial charge in [0.05, 0.1) is 5.25 Å². The van der Waals surface area contributed by atoms with Crippen LogP contribution in [0.3, 0.4) is 0 Å². The number of nitrogens with zero attached hydrogens (tertiary/aromatic N) is 1. The standard InChI is InChI=1S/C21H28BrFN2O4S/c1-8-9-16-21(7,14-12-13(22)10-11-15(14)23)25-17(20(5,6)30(16,27)28)24-18(26)29-19(2,3)4/h8,10-12,16H,1,9H2,2-7H3,(H,24,25,26)/t16-,21-/m1/s1. The third-order valence-electron chi connectivity index (χ3n) is 5.10. The molecular weight excluding hydrogens is 475 g/mol. The Morgan fingerprint density at radius 3 is 2.50 bits per heavy atom. The van der Waals surface area contributed by atoms with Gasteiger partial charge in [0.25, 0.3) is 0 Å². The summed E-state index contributed by atoms with van der Waals surface area (Å²) in [5.74, 6) is -0.691. The molecule has 2 rings (SSSR count). The van der Waals surface area contributed by atoms with Crippen LogP contribution >= 0.6 is 15.9 Å². The topological polar surface area (TPSA) is 84.8 Å². The number of carbonyl (C=O) groups is 1. The SMILES string of the molecule is C=CC[C@@H]1[C@@](C)(c2cc(Br)ccc2F)N=C(NC(=O)OC(C)(C)C)C(C)(C)S1(=O)=O. The molecule has 1 aliphatic heterocycles. The van der Waals surface area contributed by atoms with E-state index >= 15 is 0 Å². The van der Waals surface area contributed by atoms with Crippen LogP contribution in [0, 0.1) is 5.82 Å². The minimum atomic E-state index is -3.94. The molecular formula is C21H28BrFN2O4S. The highest BCUT2D eigenvalue weighted by Crippen LogP contribution is 2.45. The second-order valence-corrected chi connectivity index (χ2v) is 12.5. The first kappa shape index (κ1) is 24.5. The van der Waals surface area contributed by atoms with Crippen molar-refractivity contribution in [3.8, 4) is 0 Å². The first-order chi connectivity index (χ1) is 13.6. The van der Waals surface area contributed by atoms with Crippen LogP contribution in [-0.4, -0.2) is 35.9 Å². The first-order valence-electron chi connectivity index (χ1n) is 9.46. The monoisotopic (exact) mass is 502 g/mol. The molecule has 0 saturated carbocycles. The van der Waals surface area contributed by atoms with Crippen LogP contribution in [-0.2, 0) is 20.1 Å². The van der Waals surface area contributed by atoms with E-state index in [1.807, 2.05) is 0 Å². The van der Waals surface area contributed by atoms with Crippen LogP contribution in [0.4, 0.5) is 9.18 Å². The molecule has 0 bridgehead atoms. The fourth-order valence-corrected chi connectivity index (χ4v) is 6.05. The van der Waals surface area contributed by atoms with Gasteiger partial charge in [-0.2, -0.15) is 0 Å². The summed E-state index contributed by atoms with van der Waals surface area (Å²) >= 11 is 3.31. The van der Waals surface area contributed by atoms with E-state index in [0.29, 0.717) is 4.47 Å². The zero-order valence-electron chi connectivity index (χ0n) is 18.0. The number of hydrogen-bond acceptors (Lipinski definition) is 5. The van der Waals surface area contributed by atoms with E-state index in [2.05, 4.69) is 32.8 Å². The molecule has 9 heteroatoms. The Balaban J connectivity index is 2.75. The summed E-state index contributed by atoms with van der Waals surface area (Å²) < 4.78 is 46.4. The molecule has 1 amide bonds. The number of halogens is 2. The van der Waals surface area contributed by atoms with Gasteiger partial charge in [0.2, 0.25) is 0 Å². The van der Waals surface area contributed by atoms with E-state index in [-0.39, 0.29) is 17.8 Å². The van der Waals surface area contributed by atoms with Gasteiger partial charge in [0.1, 0.15) is 27.5 Å². The van der Waals surface area contributed by atoms with Gasteiger partial charge >= 0.3 is 6.09 Å². The lowest BCUT2D eigenvalue weighted by atomic mass is 9.86. The third kappa shape index (κ3) is 4.46. The zero-order chi connectivity index (χ0) is 23.1. The van der Waals surface area contributed by atoms with E-state index < -0.39 is 42.9 Å². The van der Waals surface area contributed by atoms with Crippen LogP contribution in [0.15, 0.2) is 40.3 Å². The predicted molar refractivity (Wildman–Crippen MR) is 120 cm³/mol. The number of nitrogens with one attached hydrogen (secondary N) is 1. The molecule has 1 N–H and O–H groups in total. The molecule has 1 aliphatic rings. The third-order valence-corrected chi connectivity index (χ3v) is 8.61. The summed E-state index contributed by atoms with van der Waals surface area (Å²) in [5, 5.41) is 1.41. The second kappa shape index (κ2) is 8.07. The van der Waals surface area contributed by atoms with Gasteiger partial charge in [0, 0.05) is 10.0 Å². The normalized spacial score (nSPS) is 25.2. The van der Waals surface area contributed by atoms with Gasteiger partial charge in [-0.3, -0.25) is 10.3 Å². The molecule has 0 spiro atoms. The lowest BCUT2D eigenvalue weighted by Crippen LogP contribution is -2.61. The van der Waals surface area contributed by atoms with Gasteiger partial charge in [0.15, 0.2) is 9.84 Å². The van der Waals surface area contributed by atoms with Crippen LogP contribution in [0.25, 0.3) is 0 Å². The number of carbonyl (C=O) groups excluding carboxylic acids is 1. The van der Waals surface area contributed by atoms with Crippen LogP contribution in [0.1, 0.15) is 53.5 Å². The number of alkyl carbamates (subject to hydrolysis) is 1. The van der Waals surface area contributed by atoms with Crippen LogP contribution < -0.4 is 5.32 Å². The largest absolute Gasteiger partial charge is 0.444 e. The fourth-order valence-electron chi connectivity index (χ4n) is 3.44. The van der Waals surface area contributed by atoms with Crippen molar-refractivity contribution in [2.75, 3.05) is 0 Å². The van der Waals surface area contributed by atoms with Crippen LogP contribution in [0.5, 0.6) is 0 Å². The summed E-state index contributed by atoms with van der Waals surface area (Å²) in [4.78, 5) is 17.0. The van der Waals surface area contributed by atoms with Gasteiger partial charge < -0.3 is 4.74 Å². The van der Waals surface area contributed by atoms with Crippen molar-refractivity contribution < 1.29 is 22.3 Å². The average Bonchev–Trinajstić information content (AvgIpc) is 2.58. The van der Waals surface area contributed by atoms with Crippen molar-refractivity contribution in [2.45, 2.75) is 69.1 Å². The van der Waals surface area contributed by atoms with Crippen molar-refractivity contribution in [3.05, 3.63) is 46.7 Å². The van der Waals surface area contributed by atoms with Crippen molar-refractivity contribution >= 4 is 37.7 Å². The molecule has 0 saturated heterocycles. The molecule has 2 atom stereocenters. The highest BCUT2D eigenvalue weighted by molar-refractivity contribution is 9.10. The number of benzene rings is 1. The molecule has 0 aliphatic carbocycles. The smallest absolute Gasteiger partial charge is 0.413 e. The Bertz CT molecular complexity index is 999. The van der Waals surface area contributed by atoms with Crippen molar-refractivity contribution in [1.82, 2.24) is 5.32 Å². The summed E-state index contributed by atoms with van der Waals surface area (Å²) in [5.41, 5.74) is -2.18. The number of rotatable bonds is 3. The maximum Gasteiger partial charge on any atom is 0.413 e. The highest BCUT2D eigenvalue weighted by atomic mass is 79.9. The molecule has 166 valence electrons. The quantitative estimate of drug-likeness (QED) is 0.596. The van der Waals surface area contributed by atoms with Crippen LogP contribution in [0.2, 0.25) is 0 Å². The van der Waals surface area contributed by atoms with E-state index in [0.717, 1.165) is 0 Å². The summed E-state index contributed by atoms with van der Waals surface area (Å²) in [6, 6.07) is 4.28. The fraction of sp³-hybridized carbons (Fsp3) is 0.524. The maximum absolute atomic E-state index is 14.8. The molecule has 6 nitrogen and oxygen atoms in total. The van der Waals surface area contributed by atoms with Crippen molar-refractivity contribution in [2.24, 2.45) is 4.99 Å². The highest BCUT2D eigenvalue weighted by Gasteiger charge is 2.57. The molecule has 0 fully saturated rings. The molecule has 1 aromatic carbocycles. The number of hydrogen-bond donors (Lipinski definition) is 1. The Hall–Kier alpha value is -1.74. The molecule has 0 unspecified atom stereocenters. The summed E-state index contributed by atoms with van der Waals surface area (Å²) in [6.45, 7) is 13.2. The second-order valence-electron chi connectivity index (χ2n) is 8.93. The Morgan fingerprint density at radius 2 is 1.97 bits per heavy atom. The van der Waals surface area contributed by atoms with Gasteiger partial charge in [-0.15, -0.1) is 6.58 Å². The molecule has 30 heavy (non-hydrogen) atoms. The Morgan fingerprint density at radius 1 is 1.37 bits per heavy atom. The van der Waals surface area contributed by atoms with E-state index in [4.69, 9.17) is 4.74 Å². The first-order valence-corrected chi connectivity index (χ1v) is 11.8. The Labute approximate surface area is 186 Å². The van der Waals surface area contributed by atoms with E-state index in [9.17, 15) is 17.6 Å². The van der Waals surface area contributed by atoms with Gasteiger partial charge in [-0.05, 0) is 66.2 Å². The van der Waals surface area contributed by atoms with Crippen molar-refractivity contribution in [1.29, 1.82) is 0 Å². The average molecular weight is 503 g/mol. The van der Waals surface area contributed by atoms with Gasteiger partial charge in [-0.1, -0.05) is 22.0 Å². The number of allylic oxidation sites excluding steroid dienone is 1. The summed E-state index contributed by atoms with van der Waals surface area (Å²) in [7, 11) is -3.94. The molecule has 0 aromatic heterocycles. The van der Waals surface area contributed by atoms with E-state index in [1.54, 1.807) is 27.7 Å². The number of amidine groups is 1. The molecule has 1 aromatic rings. The number of amides is 1. The molecule has 0 radical (unpaired) electrons. The lowest BCUT2D eigenvalue weighted by molar-refractivity contribution is 0.0560. The maximum atomic E-state index is 14.8. The number of aliphatic imine (C=N–C) groups is 1. The van der Waals surface area contributed by atoms with Crippen molar-refractivity contribution in [3.63, 3.8) is 0 Å².